The first-order chi connectivity index (χ1) is 10.7. The summed E-state index contributed by atoms with van der Waals surface area (Å²) < 4.78 is 16.4. The predicted octanol–water partition coefficient (Wildman–Crippen LogP) is 0.828. The Morgan fingerprint density at radius 1 is 1.14 bits per heavy atom. The predicted molar refractivity (Wildman–Crippen MR) is 81.8 cm³/mol. The Hall–Kier alpha value is -1.79. The number of aryl methyl sites for hydroxylation is 1. The number of hydrogen-bond donors (Lipinski definition) is 1. The number of ether oxygens (including phenoxy) is 3. The van der Waals surface area contributed by atoms with Crippen LogP contribution in [0, 0.1) is 6.92 Å². The molecular formula is C16H22N2O4. The van der Waals surface area contributed by atoms with Crippen molar-refractivity contribution in [2.45, 2.75) is 6.92 Å². The van der Waals surface area contributed by atoms with Gasteiger partial charge in [0.25, 0.3) is 5.91 Å². The van der Waals surface area contributed by atoms with Crippen molar-refractivity contribution in [2.24, 2.45) is 0 Å². The zero-order valence-corrected chi connectivity index (χ0v) is 12.9. The molecule has 0 saturated carbocycles. The van der Waals surface area contributed by atoms with Crippen LogP contribution in [0.15, 0.2) is 12.1 Å². The summed E-state index contributed by atoms with van der Waals surface area (Å²) in [6, 6.07) is 3.64. The lowest BCUT2D eigenvalue weighted by Gasteiger charge is -2.26. The standard InChI is InChI=1S/C16H22N2O4/c1-12-10-14-15(22-9-8-21-14)11-13(12)16(19)17-2-3-18-4-6-20-7-5-18/h10-11H,2-9H2,1H3,(H,17,19). The Kier molecular flexibility index (Phi) is 4.80. The number of benzene rings is 1. The lowest BCUT2D eigenvalue weighted by Crippen LogP contribution is -2.41. The molecule has 1 N–H and O–H groups in total. The van der Waals surface area contributed by atoms with E-state index in [1.165, 1.54) is 0 Å². The second kappa shape index (κ2) is 6.98. The van der Waals surface area contributed by atoms with Gasteiger partial charge in [0, 0.05) is 31.7 Å². The van der Waals surface area contributed by atoms with E-state index in [0.29, 0.717) is 36.8 Å². The molecule has 3 rings (SSSR count). The van der Waals surface area contributed by atoms with E-state index in [2.05, 4.69) is 10.2 Å². The molecular weight excluding hydrogens is 284 g/mol. The first-order valence-corrected chi connectivity index (χ1v) is 7.72. The number of morpholine rings is 1. The Morgan fingerprint density at radius 3 is 2.55 bits per heavy atom. The van der Waals surface area contributed by atoms with Crippen LogP contribution < -0.4 is 14.8 Å². The fourth-order valence-corrected chi connectivity index (χ4v) is 2.68. The van der Waals surface area contributed by atoms with Gasteiger partial charge in [0.1, 0.15) is 13.2 Å². The van der Waals surface area contributed by atoms with Crippen molar-refractivity contribution in [3.05, 3.63) is 23.3 Å². The number of nitrogens with zero attached hydrogens (tertiary/aromatic N) is 1. The van der Waals surface area contributed by atoms with Gasteiger partial charge < -0.3 is 19.5 Å². The summed E-state index contributed by atoms with van der Waals surface area (Å²) in [5.41, 5.74) is 1.54. The lowest BCUT2D eigenvalue weighted by molar-refractivity contribution is 0.0383. The van der Waals surface area contributed by atoms with Crippen LogP contribution in [0.5, 0.6) is 11.5 Å². The quantitative estimate of drug-likeness (QED) is 0.893. The molecule has 1 saturated heterocycles. The zero-order valence-electron chi connectivity index (χ0n) is 12.9. The largest absolute Gasteiger partial charge is 0.486 e. The third-order valence-corrected chi connectivity index (χ3v) is 3.95. The van der Waals surface area contributed by atoms with Crippen LogP contribution in [0.2, 0.25) is 0 Å². The molecule has 1 aromatic carbocycles. The Bertz CT molecular complexity index is 541. The minimum Gasteiger partial charge on any atom is -0.486 e. The number of amides is 1. The number of carbonyl (C=O) groups excluding carboxylic acids is 1. The molecule has 22 heavy (non-hydrogen) atoms. The van der Waals surface area contributed by atoms with Crippen LogP contribution in [0.3, 0.4) is 0 Å². The van der Waals surface area contributed by atoms with Gasteiger partial charge in [-0.15, -0.1) is 0 Å². The summed E-state index contributed by atoms with van der Waals surface area (Å²) in [7, 11) is 0. The van der Waals surface area contributed by atoms with Gasteiger partial charge >= 0.3 is 0 Å². The second-order valence-electron chi connectivity index (χ2n) is 5.52. The van der Waals surface area contributed by atoms with Crippen LogP contribution >= 0.6 is 0 Å². The molecule has 0 atom stereocenters. The summed E-state index contributed by atoms with van der Waals surface area (Å²) in [5.74, 6) is 1.30. The fraction of sp³-hybridized carbons (Fsp3) is 0.562. The summed E-state index contributed by atoms with van der Waals surface area (Å²) in [6.07, 6.45) is 0. The first-order valence-electron chi connectivity index (χ1n) is 7.72. The highest BCUT2D eigenvalue weighted by Gasteiger charge is 2.18. The number of nitrogens with one attached hydrogen (secondary N) is 1. The number of hydrogen-bond acceptors (Lipinski definition) is 5. The topological polar surface area (TPSA) is 60.0 Å². The van der Waals surface area contributed by atoms with E-state index in [0.717, 1.165) is 38.4 Å². The molecule has 1 fully saturated rings. The summed E-state index contributed by atoms with van der Waals surface area (Å²) in [5, 5.41) is 2.98. The van der Waals surface area contributed by atoms with E-state index in [9.17, 15) is 4.79 Å². The highest BCUT2D eigenvalue weighted by Crippen LogP contribution is 2.32. The van der Waals surface area contributed by atoms with Crippen molar-refractivity contribution in [1.29, 1.82) is 0 Å². The highest BCUT2D eigenvalue weighted by atomic mass is 16.6. The first kappa shape index (κ1) is 15.1. The normalized spacial score (nSPS) is 18.0. The molecule has 6 nitrogen and oxygen atoms in total. The molecule has 6 heteroatoms. The maximum Gasteiger partial charge on any atom is 0.251 e. The van der Waals surface area contributed by atoms with E-state index in [1.54, 1.807) is 6.07 Å². The Balaban J connectivity index is 1.57. The van der Waals surface area contributed by atoms with Crippen molar-refractivity contribution in [2.75, 3.05) is 52.6 Å². The molecule has 0 aromatic heterocycles. The summed E-state index contributed by atoms with van der Waals surface area (Å²) in [6.45, 7) is 7.87. The third kappa shape index (κ3) is 3.51. The number of carbonyl (C=O) groups is 1. The minimum atomic E-state index is -0.0669. The fourth-order valence-electron chi connectivity index (χ4n) is 2.68. The molecule has 1 aromatic rings. The highest BCUT2D eigenvalue weighted by molar-refractivity contribution is 5.96. The van der Waals surface area contributed by atoms with Crippen molar-refractivity contribution in [1.82, 2.24) is 10.2 Å². The third-order valence-electron chi connectivity index (χ3n) is 3.95. The van der Waals surface area contributed by atoms with Gasteiger partial charge in [-0.2, -0.15) is 0 Å². The molecule has 2 heterocycles. The van der Waals surface area contributed by atoms with Crippen LogP contribution in [-0.4, -0.2) is 63.4 Å². The van der Waals surface area contributed by atoms with Crippen LogP contribution in [0.25, 0.3) is 0 Å². The molecule has 0 unspecified atom stereocenters. The van der Waals surface area contributed by atoms with E-state index < -0.39 is 0 Å². The monoisotopic (exact) mass is 306 g/mol. The average molecular weight is 306 g/mol. The minimum absolute atomic E-state index is 0.0669. The van der Waals surface area contributed by atoms with E-state index in [-0.39, 0.29) is 5.91 Å². The SMILES string of the molecule is Cc1cc2c(cc1C(=O)NCCN1CCOCC1)OCCO2. The van der Waals surface area contributed by atoms with Crippen molar-refractivity contribution in [3.8, 4) is 11.5 Å². The van der Waals surface area contributed by atoms with Gasteiger partial charge in [-0.05, 0) is 24.6 Å². The number of rotatable bonds is 4. The number of fused-ring (bicyclic) bond motifs is 1. The van der Waals surface area contributed by atoms with Crippen molar-refractivity contribution in [3.63, 3.8) is 0 Å². The van der Waals surface area contributed by atoms with Gasteiger partial charge in [-0.25, -0.2) is 0 Å². The maximum absolute atomic E-state index is 12.3. The Morgan fingerprint density at radius 2 is 1.82 bits per heavy atom. The van der Waals surface area contributed by atoms with Crippen LogP contribution in [0.4, 0.5) is 0 Å². The Labute approximate surface area is 130 Å². The molecule has 2 aliphatic heterocycles. The molecule has 2 aliphatic rings. The van der Waals surface area contributed by atoms with Crippen LogP contribution in [-0.2, 0) is 4.74 Å². The molecule has 0 spiro atoms. The zero-order chi connectivity index (χ0) is 15.4. The van der Waals surface area contributed by atoms with Gasteiger partial charge in [-0.1, -0.05) is 0 Å². The lowest BCUT2D eigenvalue weighted by atomic mass is 10.1. The molecule has 0 bridgehead atoms. The van der Waals surface area contributed by atoms with Crippen LogP contribution in [0.1, 0.15) is 15.9 Å². The summed E-state index contributed by atoms with van der Waals surface area (Å²) in [4.78, 5) is 14.6. The van der Waals surface area contributed by atoms with Gasteiger partial charge in [0.15, 0.2) is 11.5 Å². The molecule has 0 radical (unpaired) electrons. The van der Waals surface area contributed by atoms with Crippen molar-refractivity contribution < 1.29 is 19.0 Å². The average Bonchev–Trinajstić information content (AvgIpc) is 2.55. The van der Waals surface area contributed by atoms with Gasteiger partial charge in [0.05, 0.1) is 13.2 Å². The summed E-state index contributed by atoms with van der Waals surface area (Å²) >= 11 is 0. The van der Waals surface area contributed by atoms with E-state index >= 15 is 0 Å². The van der Waals surface area contributed by atoms with Gasteiger partial charge in [-0.3, -0.25) is 9.69 Å². The van der Waals surface area contributed by atoms with E-state index in [1.807, 2.05) is 13.0 Å². The second-order valence-corrected chi connectivity index (χ2v) is 5.52. The smallest absolute Gasteiger partial charge is 0.251 e. The van der Waals surface area contributed by atoms with Crippen molar-refractivity contribution >= 4 is 5.91 Å². The van der Waals surface area contributed by atoms with Gasteiger partial charge in [0.2, 0.25) is 0 Å². The molecule has 0 aliphatic carbocycles. The maximum atomic E-state index is 12.3. The van der Waals surface area contributed by atoms with E-state index in [4.69, 9.17) is 14.2 Å². The molecule has 120 valence electrons. The molecule has 1 amide bonds.